The summed E-state index contributed by atoms with van der Waals surface area (Å²) in [6, 6.07) is 17.7. The average Bonchev–Trinajstić information content (AvgIpc) is 2.86. The van der Waals surface area contributed by atoms with Gasteiger partial charge in [-0.15, -0.1) is 0 Å². The molecule has 1 atom stereocenters. The molecule has 1 saturated heterocycles. The van der Waals surface area contributed by atoms with Gasteiger partial charge in [-0.1, -0.05) is 54.6 Å². The van der Waals surface area contributed by atoms with E-state index in [1.54, 1.807) is 4.90 Å². The van der Waals surface area contributed by atoms with E-state index < -0.39 is 6.04 Å². The summed E-state index contributed by atoms with van der Waals surface area (Å²) in [5.74, 6) is -0.364. The molecule has 7 heteroatoms. The highest BCUT2D eigenvalue weighted by Crippen LogP contribution is 2.33. The van der Waals surface area contributed by atoms with Crippen LogP contribution in [-0.4, -0.2) is 72.6 Å². The van der Waals surface area contributed by atoms with Gasteiger partial charge < -0.3 is 10.1 Å². The maximum absolute atomic E-state index is 13.3. The Morgan fingerprint density at radius 1 is 0.943 bits per heavy atom. The van der Waals surface area contributed by atoms with E-state index in [2.05, 4.69) is 39.4 Å². The van der Waals surface area contributed by atoms with E-state index >= 15 is 0 Å². The van der Waals surface area contributed by atoms with Gasteiger partial charge in [-0.2, -0.15) is 0 Å². The van der Waals surface area contributed by atoms with Crippen LogP contribution in [0.4, 0.5) is 4.79 Å². The molecular formula is C28H36N4O3. The van der Waals surface area contributed by atoms with Crippen molar-refractivity contribution in [3.05, 3.63) is 82.6 Å². The summed E-state index contributed by atoms with van der Waals surface area (Å²) in [5.41, 5.74) is 4.55. The van der Waals surface area contributed by atoms with Gasteiger partial charge in [0.1, 0.15) is 0 Å². The Balaban J connectivity index is 1.59. The monoisotopic (exact) mass is 476 g/mol. The second-order valence-electron chi connectivity index (χ2n) is 9.10. The number of hydrogen-bond donors (Lipinski definition) is 1. The molecule has 0 saturated carbocycles. The zero-order chi connectivity index (χ0) is 24.8. The summed E-state index contributed by atoms with van der Waals surface area (Å²) in [6.45, 7) is 11.6. The summed E-state index contributed by atoms with van der Waals surface area (Å²) in [5, 5.41) is 3.07. The Bertz CT molecular complexity index is 1060. The van der Waals surface area contributed by atoms with Crippen LogP contribution in [0.15, 0.2) is 65.9 Å². The van der Waals surface area contributed by atoms with Gasteiger partial charge >= 0.3 is 12.0 Å². The van der Waals surface area contributed by atoms with Crippen molar-refractivity contribution in [2.75, 3.05) is 45.9 Å². The van der Waals surface area contributed by atoms with Crippen molar-refractivity contribution < 1.29 is 14.3 Å². The van der Waals surface area contributed by atoms with Gasteiger partial charge in [-0.05, 0) is 37.5 Å². The molecule has 2 aliphatic rings. The molecule has 1 N–H and O–H groups in total. The lowest BCUT2D eigenvalue weighted by atomic mass is 9.91. The fraction of sp³-hybridized carbons (Fsp3) is 0.429. The third kappa shape index (κ3) is 5.74. The third-order valence-corrected chi connectivity index (χ3v) is 6.84. The predicted octanol–water partition coefficient (Wildman–Crippen LogP) is 3.72. The molecule has 186 valence electrons. The zero-order valence-electron chi connectivity index (χ0n) is 21.0. The van der Waals surface area contributed by atoms with Crippen LogP contribution >= 0.6 is 0 Å². The van der Waals surface area contributed by atoms with Crippen LogP contribution in [0.25, 0.3) is 0 Å². The zero-order valence-corrected chi connectivity index (χ0v) is 21.0. The number of piperazine rings is 1. The maximum atomic E-state index is 13.3. The van der Waals surface area contributed by atoms with Crippen molar-refractivity contribution in [3.8, 4) is 0 Å². The lowest BCUT2D eigenvalue weighted by Crippen LogP contribution is -2.53. The molecular weight excluding hydrogens is 440 g/mol. The van der Waals surface area contributed by atoms with Gasteiger partial charge in [-0.25, -0.2) is 9.59 Å². The van der Waals surface area contributed by atoms with Crippen LogP contribution in [-0.2, 0) is 16.1 Å². The maximum Gasteiger partial charge on any atom is 0.338 e. The molecule has 2 aromatic rings. The van der Waals surface area contributed by atoms with Crippen LogP contribution in [0.3, 0.4) is 0 Å². The minimum Gasteiger partial charge on any atom is -0.463 e. The minimum absolute atomic E-state index is 0.175. The number of ether oxygens (including phenoxy) is 1. The van der Waals surface area contributed by atoms with Crippen LogP contribution in [0, 0.1) is 6.92 Å². The number of urea groups is 1. The number of carbonyl (C=O) groups is 2. The Morgan fingerprint density at radius 2 is 1.57 bits per heavy atom. The fourth-order valence-corrected chi connectivity index (χ4v) is 4.96. The summed E-state index contributed by atoms with van der Waals surface area (Å²) < 4.78 is 5.50. The molecule has 0 unspecified atom stereocenters. The van der Waals surface area contributed by atoms with E-state index in [1.165, 1.54) is 5.56 Å². The molecule has 0 aliphatic carbocycles. The van der Waals surface area contributed by atoms with Gasteiger partial charge in [-0.3, -0.25) is 14.7 Å². The molecule has 4 rings (SSSR count). The van der Waals surface area contributed by atoms with Crippen molar-refractivity contribution >= 4 is 12.0 Å². The molecule has 0 aromatic heterocycles. The first-order valence-electron chi connectivity index (χ1n) is 12.5. The minimum atomic E-state index is -0.528. The number of hydrogen-bond acceptors (Lipinski definition) is 5. The van der Waals surface area contributed by atoms with Gasteiger partial charge in [0.25, 0.3) is 0 Å². The molecule has 0 radical (unpaired) electrons. The van der Waals surface area contributed by atoms with Crippen LogP contribution in [0.2, 0.25) is 0 Å². The van der Waals surface area contributed by atoms with E-state index in [0.29, 0.717) is 18.7 Å². The SMILES string of the molecule is CCOC(=O)C1=C(CN2CCN(Cc3ccccc3)CC2)N(CC)C(=O)N[C@@H]1c1ccccc1C. The number of carbonyl (C=O) groups excluding carboxylic acids is 2. The highest BCUT2D eigenvalue weighted by molar-refractivity contribution is 5.95. The first-order chi connectivity index (χ1) is 17.0. The standard InChI is InChI=1S/C28H36N4O3/c1-4-32-24(20-31-17-15-30(16-18-31)19-22-12-7-6-8-13-22)25(27(33)35-5-2)26(29-28(32)34)23-14-10-9-11-21(23)3/h6-14,26H,4-5,15-20H2,1-3H3,(H,29,34)/t26-/m1/s1. The van der Waals surface area contributed by atoms with Crippen molar-refractivity contribution in [3.63, 3.8) is 0 Å². The van der Waals surface area contributed by atoms with E-state index in [-0.39, 0.29) is 18.6 Å². The van der Waals surface area contributed by atoms with E-state index in [9.17, 15) is 9.59 Å². The largest absolute Gasteiger partial charge is 0.463 e. The second kappa shape index (κ2) is 11.5. The Kier molecular flexibility index (Phi) is 8.21. The van der Waals surface area contributed by atoms with Gasteiger partial charge in [0.2, 0.25) is 0 Å². The first-order valence-corrected chi connectivity index (χ1v) is 12.5. The number of nitrogens with zero attached hydrogens (tertiary/aromatic N) is 3. The lowest BCUT2D eigenvalue weighted by Gasteiger charge is -2.40. The van der Waals surface area contributed by atoms with Crippen LogP contribution < -0.4 is 5.32 Å². The molecule has 0 bridgehead atoms. The number of likely N-dealkylation sites (N-methyl/N-ethyl adjacent to an activating group) is 1. The molecule has 1 fully saturated rings. The molecule has 0 spiro atoms. The summed E-state index contributed by atoms with van der Waals surface area (Å²) in [6.07, 6.45) is 0. The molecule has 2 aromatic carbocycles. The van der Waals surface area contributed by atoms with E-state index in [1.807, 2.05) is 51.1 Å². The van der Waals surface area contributed by atoms with Crippen molar-refractivity contribution in [2.24, 2.45) is 0 Å². The lowest BCUT2D eigenvalue weighted by molar-refractivity contribution is -0.139. The summed E-state index contributed by atoms with van der Waals surface area (Å²) in [7, 11) is 0. The Labute approximate surface area is 208 Å². The van der Waals surface area contributed by atoms with Crippen LogP contribution in [0.1, 0.15) is 36.6 Å². The quantitative estimate of drug-likeness (QED) is 0.589. The number of aryl methyl sites for hydroxylation is 1. The normalized spacial score (nSPS) is 19.6. The highest BCUT2D eigenvalue weighted by Gasteiger charge is 2.38. The topological polar surface area (TPSA) is 65.1 Å². The first kappa shape index (κ1) is 24.9. The van der Waals surface area contributed by atoms with Crippen molar-refractivity contribution in [2.45, 2.75) is 33.4 Å². The predicted molar refractivity (Wildman–Crippen MR) is 137 cm³/mol. The van der Waals surface area contributed by atoms with E-state index in [0.717, 1.165) is 49.5 Å². The number of esters is 1. The average molecular weight is 477 g/mol. The molecule has 7 nitrogen and oxygen atoms in total. The number of benzene rings is 2. The Morgan fingerprint density at radius 3 is 2.20 bits per heavy atom. The molecule has 35 heavy (non-hydrogen) atoms. The second-order valence-corrected chi connectivity index (χ2v) is 9.10. The number of rotatable bonds is 8. The Hall–Kier alpha value is -3.16. The van der Waals surface area contributed by atoms with Crippen LogP contribution in [0.5, 0.6) is 0 Å². The summed E-state index contributed by atoms with van der Waals surface area (Å²) >= 11 is 0. The number of amides is 2. The van der Waals surface area contributed by atoms with Gasteiger partial charge in [0, 0.05) is 51.5 Å². The number of nitrogens with one attached hydrogen (secondary N) is 1. The smallest absolute Gasteiger partial charge is 0.338 e. The summed E-state index contributed by atoms with van der Waals surface area (Å²) in [4.78, 5) is 32.9. The van der Waals surface area contributed by atoms with Gasteiger partial charge in [0.05, 0.1) is 18.2 Å². The van der Waals surface area contributed by atoms with Gasteiger partial charge in [0.15, 0.2) is 0 Å². The van der Waals surface area contributed by atoms with Crippen molar-refractivity contribution in [1.29, 1.82) is 0 Å². The van der Waals surface area contributed by atoms with E-state index in [4.69, 9.17) is 4.74 Å². The molecule has 2 amide bonds. The fourth-order valence-electron chi connectivity index (χ4n) is 4.96. The highest BCUT2D eigenvalue weighted by atomic mass is 16.5. The molecule has 2 aliphatic heterocycles. The third-order valence-electron chi connectivity index (χ3n) is 6.84. The molecule has 2 heterocycles. The van der Waals surface area contributed by atoms with Crippen molar-refractivity contribution in [1.82, 2.24) is 20.0 Å².